The first-order chi connectivity index (χ1) is 13.0. The van der Waals surface area contributed by atoms with Gasteiger partial charge in [-0.15, -0.1) is 0 Å². The number of halogens is 1. The van der Waals surface area contributed by atoms with Gasteiger partial charge in [-0.05, 0) is 42.3 Å². The molecule has 0 aliphatic heterocycles. The molecule has 2 amide bonds. The number of hydrogen-bond acceptors (Lipinski definition) is 3. The molecule has 2 rings (SSSR count). The van der Waals surface area contributed by atoms with Crippen molar-refractivity contribution in [3.63, 3.8) is 0 Å². The van der Waals surface area contributed by atoms with Gasteiger partial charge in [-0.2, -0.15) is 0 Å². The Morgan fingerprint density at radius 2 is 1.78 bits per heavy atom. The molecule has 0 aliphatic carbocycles. The van der Waals surface area contributed by atoms with Crippen LogP contribution in [0.25, 0.3) is 6.08 Å². The molecule has 2 aromatic carbocycles. The van der Waals surface area contributed by atoms with Gasteiger partial charge in [0, 0.05) is 23.0 Å². The molecule has 0 spiro atoms. The van der Waals surface area contributed by atoms with Crippen LogP contribution in [0.1, 0.15) is 28.8 Å². The van der Waals surface area contributed by atoms with Crippen LogP contribution in [-0.4, -0.2) is 29.4 Å². The predicted octanol–water partition coefficient (Wildman–Crippen LogP) is 3.20. The number of carboxylic acid groups (broad SMARTS) is 1. The molecule has 0 atom stereocenters. The summed E-state index contributed by atoms with van der Waals surface area (Å²) in [6.07, 6.45) is 1.83. The van der Waals surface area contributed by atoms with E-state index in [1.165, 1.54) is 0 Å². The minimum absolute atomic E-state index is 0.0403. The quantitative estimate of drug-likeness (QED) is 0.442. The van der Waals surface area contributed by atoms with Crippen molar-refractivity contribution < 1.29 is 19.5 Å². The Hall–Kier alpha value is -2.93. The number of carboxylic acids is 1. The number of rotatable bonds is 8. The lowest BCUT2D eigenvalue weighted by Crippen LogP contribution is -2.35. The molecule has 0 saturated heterocycles. The fourth-order valence-electron chi connectivity index (χ4n) is 2.24. The number of hydrogen-bond donors (Lipinski definition) is 3. The van der Waals surface area contributed by atoms with Crippen molar-refractivity contribution in [3.05, 3.63) is 75.9 Å². The molecular formula is C20H19BrN2O4. The molecule has 0 bridgehead atoms. The fraction of sp³-hybridized carbons (Fsp3) is 0.150. The highest BCUT2D eigenvalue weighted by Gasteiger charge is 2.14. The van der Waals surface area contributed by atoms with Crippen LogP contribution >= 0.6 is 15.9 Å². The van der Waals surface area contributed by atoms with Crippen LogP contribution in [0.4, 0.5) is 0 Å². The van der Waals surface area contributed by atoms with Crippen molar-refractivity contribution in [1.29, 1.82) is 0 Å². The van der Waals surface area contributed by atoms with Crippen LogP contribution < -0.4 is 10.6 Å². The molecule has 0 unspecified atom stereocenters. The fourth-order valence-corrected chi connectivity index (χ4v) is 2.66. The highest BCUT2D eigenvalue weighted by Crippen LogP contribution is 2.14. The summed E-state index contributed by atoms with van der Waals surface area (Å²) >= 11 is 3.37. The molecule has 3 N–H and O–H groups in total. The first kappa shape index (κ1) is 20.4. The van der Waals surface area contributed by atoms with Crippen LogP contribution in [0.2, 0.25) is 0 Å². The van der Waals surface area contributed by atoms with Gasteiger partial charge >= 0.3 is 5.97 Å². The van der Waals surface area contributed by atoms with E-state index in [9.17, 15) is 14.4 Å². The van der Waals surface area contributed by atoms with Gasteiger partial charge in [-0.3, -0.25) is 14.4 Å². The molecule has 140 valence electrons. The Morgan fingerprint density at radius 3 is 2.44 bits per heavy atom. The minimum Gasteiger partial charge on any atom is -0.481 e. The average Bonchev–Trinajstić information content (AvgIpc) is 2.65. The van der Waals surface area contributed by atoms with E-state index in [0.29, 0.717) is 12.0 Å². The van der Waals surface area contributed by atoms with Crippen molar-refractivity contribution in [2.45, 2.75) is 12.8 Å². The molecule has 0 heterocycles. The molecule has 27 heavy (non-hydrogen) atoms. The third-order valence-electron chi connectivity index (χ3n) is 3.54. The Bertz CT molecular complexity index is 850. The maximum Gasteiger partial charge on any atom is 0.303 e. The summed E-state index contributed by atoms with van der Waals surface area (Å²) in [5.74, 6) is -1.81. The van der Waals surface area contributed by atoms with Crippen LogP contribution in [0.5, 0.6) is 0 Å². The third kappa shape index (κ3) is 7.07. The normalized spacial score (nSPS) is 10.9. The molecule has 6 nitrogen and oxygen atoms in total. The number of nitrogens with one attached hydrogen (secondary N) is 2. The molecule has 0 aromatic heterocycles. The maximum atomic E-state index is 12.5. The number of aliphatic carboxylic acids is 1. The number of carbonyl (C=O) groups excluding carboxylic acids is 2. The van der Waals surface area contributed by atoms with Crippen LogP contribution in [0.15, 0.2) is 64.8 Å². The zero-order valence-electron chi connectivity index (χ0n) is 14.4. The van der Waals surface area contributed by atoms with Crippen LogP contribution in [0.3, 0.4) is 0 Å². The standard InChI is InChI=1S/C20H19BrN2O4/c21-16-9-4-6-14(12-16)13-17(20(27)22-11-5-10-18(24)25)23-19(26)15-7-2-1-3-8-15/h1-4,6-9,12-13H,5,10-11H2,(H,22,27)(H,23,26)(H,24,25)/b17-13-. The van der Waals surface area contributed by atoms with E-state index in [1.54, 1.807) is 42.5 Å². The van der Waals surface area contributed by atoms with Crippen LogP contribution in [-0.2, 0) is 9.59 Å². The third-order valence-corrected chi connectivity index (χ3v) is 4.03. The molecule has 7 heteroatoms. The Kier molecular flexibility index (Phi) is 7.76. The molecule has 0 aliphatic rings. The van der Waals surface area contributed by atoms with E-state index in [1.807, 2.05) is 18.2 Å². The summed E-state index contributed by atoms with van der Waals surface area (Å²) < 4.78 is 0.840. The number of benzene rings is 2. The molecule has 0 radical (unpaired) electrons. The summed E-state index contributed by atoms with van der Waals surface area (Å²) in [5.41, 5.74) is 1.24. The van der Waals surface area contributed by atoms with E-state index in [2.05, 4.69) is 26.6 Å². The lowest BCUT2D eigenvalue weighted by atomic mass is 10.1. The lowest BCUT2D eigenvalue weighted by molar-refractivity contribution is -0.137. The molecular weight excluding hydrogens is 412 g/mol. The van der Waals surface area contributed by atoms with Crippen molar-refractivity contribution in [1.82, 2.24) is 10.6 Å². The van der Waals surface area contributed by atoms with E-state index >= 15 is 0 Å². The monoisotopic (exact) mass is 430 g/mol. The maximum absolute atomic E-state index is 12.5. The van der Waals surface area contributed by atoms with Gasteiger partial charge in [0.15, 0.2) is 0 Å². The summed E-state index contributed by atoms with van der Waals surface area (Å²) in [5, 5.41) is 13.9. The van der Waals surface area contributed by atoms with Gasteiger partial charge in [0.1, 0.15) is 5.70 Å². The van der Waals surface area contributed by atoms with E-state index in [-0.39, 0.29) is 18.7 Å². The van der Waals surface area contributed by atoms with Crippen molar-refractivity contribution in [2.75, 3.05) is 6.54 Å². The molecule has 0 fully saturated rings. The largest absolute Gasteiger partial charge is 0.481 e. The number of amides is 2. The lowest BCUT2D eigenvalue weighted by Gasteiger charge is -2.11. The Morgan fingerprint density at radius 1 is 1.04 bits per heavy atom. The smallest absolute Gasteiger partial charge is 0.303 e. The SMILES string of the molecule is O=C(O)CCCNC(=O)/C(=C/c1cccc(Br)c1)NC(=O)c1ccccc1. The van der Waals surface area contributed by atoms with E-state index in [0.717, 1.165) is 10.0 Å². The second kappa shape index (κ2) is 10.3. The molecule has 0 saturated carbocycles. The first-order valence-corrected chi connectivity index (χ1v) is 9.08. The Labute approximate surface area is 165 Å². The highest BCUT2D eigenvalue weighted by molar-refractivity contribution is 9.10. The predicted molar refractivity (Wildman–Crippen MR) is 106 cm³/mol. The highest BCUT2D eigenvalue weighted by atomic mass is 79.9. The van der Waals surface area contributed by atoms with Crippen LogP contribution in [0, 0.1) is 0 Å². The van der Waals surface area contributed by atoms with Gasteiger partial charge in [0.25, 0.3) is 11.8 Å². The van der Waals surface area contributed by atoms with Crippen molar-refractivity contribution >= 4 is 39.8 Å². The van der Waals surface area contributed by atoms with Gasteiger partial charge in [-0.25, -0.2) is 0 Å². The van der Waals surface area contributed by atoms with Crippen molar-refractivity contribution in [2.24, 2.45) is 0 Å². The summed E-state index contributed by atoms with van der Waals surface area (Å²) in [7, 11) is 0. The van der Waals surface area contributed by atoms with Gasteiger partial charge in [0.2, 0.25) is 0 Å². The van der Waals surface area contributed by atoms with Gasteiger partial charge in [0.05, 0.1) is 0 Å². The zero-order valence-corrected chi connectivity index (χ0v) is 16.0. The summed E-state index contributed by atoms with van der Waals surface area (Å²) in [6, 6.07) is 15.8. The first-order valence-electron chi connectivity index (χ1n) is 8.29. The minimum atomic E-state index is -0.925. The zero-order chi connectivity index (χ0) is 19.6. The molecule has 2 aromatic rings. The summed E-state index contributed by atoms with van der Waals surface area (Å²) in [6.45, 7) is 0.197. The summed E-state index contributed by atoms with van der Waals surface area (Å²) in [4.78, 5) is 35.5. The van der Waals surface area contributed by atoms with Gasteiger partial charge in [-0.1, -0.05) is 46.3 Å². The van der Waals surface area contributed by atoms with Gasteiger partial charge < -0.3 is 15.7 Å². The number of carbonyl (C=O) groups is 3. The van der Waals surface area contributed by atoms with Crippen molar-refractivity contribution in [3.8, 4) is 0 Å². The van der Waals surface area contributed by atoms with E-state index in [4.69, 9.17) is 5.11 Å². The second-order valence-electron chi connectivity index (χ2n) is 5.69. The topological polar surface area (TPSA) is 95.5 Å². The van der Waals surface area contributed by atoms with E-state index < -0.39 is 17.8 Å². The second-order valence-corrected chi connectivity index (χ2v) is 6.60. The Balaban J connectivity index is 2.16. The average molecular weight is 431 g/mol.